The summed E-state index contributed by atoms with van der Waals surface area (Å²) in [7, 11) is 0. The maximum Gasteiger partial charge on any atom is 0.123 e. The fourth-order valence-corrected chi connectivity index (χ4v) is 5.08. The molecule has 2 aliphatic heterocycles. The second kappa shape index (κ2) is 6.55. The lowest BCUT2D eigenvalue weighted by Crippen LogP contribution is -2.37. The zero-order valence-electron chi connectivity index (χ0n) is 15.0. The molecule has 1 fully saturated rings. The van der Waals surface area contributed by atoms with E-state index in [9.17, 15) is 4.39 Å². The molecule has 2 bridgehead atoms. The van der Waals surface area contributed by atoms with Gasteiger partial charge in [0.15, 0.2) is 0 Å². The number of unbranched alkanes of at least 4 members (excludes halogenated alkanes) is 1. The number of aryl methyl sites for hydroxylation is 1. The molecular weight excluding hydrogens is 323 g/mol. The van der Waals surface area contributed by atoms with Crippen molar-refractivity contribution in [2.75, 3.05) is 6.54 Å². The van der Waals surface area contributed by atoms with Gasteiger partial charge in [-0.1, -0.05) is 30.3 Å². The van der Waals surface area contributed by atoms with Gasteiger partial charge in [-0.15, -0.1) is 0 Å². The standard InChI is InChI=1S/C23H25FN2/c24-17-10-8-16(9-11-17)5-3-4-14-26-18-12-13-22(26)23-19-6-1-2-7-20(19)25-21(23)15-18/h1-2,6-11,18,22,25H,3-5,12-15H2/t18-,22+/m0/s1. The summed E-state index contributed by atoms with van der Waals surface area (Å²) in [5.41, 5.74) is 5.57. The van der Waals surface area contributed by atoms with Crippen LogP contribution in [0.1, 0.15) is 48.5 Å². The van der Waals surface area contributed by atoms with Crippen LogP contribution in [0.15, 0.2) is 48.5 Å². The Morgan fingerprint density at radius 2 is 1.85 bits per heavy atom. The Balaban J connectivity index is 1.27. The topological polar surface area (TPSA) is 19.0 Å². The summed E-state index contributed by atoms with van der Waals surface area (Å²) in [6.45, 7) is 1.18. The van der Waals surface area contributed by atoms with E-state index < -0.39 is 0 Å². The van der Waals surface area contributed by atoms with E-state index in [4.69, 9.17) is 0 Å². The van der Waals surface area contributed by atoms with Gasteiger partial charge in [-0.2, -0.15) is 0 Å². The minimum atomic E-state index is -0.145. The minimum absolute atomic E-state index is 0.145. The summed E-state index contributed by atoms with van der Waals surface area (Å²) in [6, 6.07) is 17.0. The molecule has 1 N–H and O–H groups in total. The molecule has 0 aliphatic carbocycles. The molecule has 2 atom stereocenters. The molecule has 0 saturated carbocycles. The number of hydrogen-bond acceptors (Lipinski definition) is 1. The highest BCUT2D eigenvalue weighted by Gasteiger charge is 2.41. The fourth-order valence-electron chi connectivity index (χ4n) is 5.08. The van der Waals surface area contributed by atoms with Crippen molar-refractivity contribution in [1.82, 2.24) is 9.88 Å². The second-order valence-electron chi connectivity index (χ2n) is 7.84. The first-order chi connectivity index (χ1) is 12.8. The van der Waals surface area contributed by atoms with Crippen LogP contribution in [-0.2, 0) is 12.8 Å². The number of para-hydroxylation sites is 1. The van der Waals surface area contributed by atoms with Crippen LogP contribution in [0.25, 0.3) is 10.9 Å². The number of rotatable bonds is 5. The number of nitrogens with zero attached hydrogens (tertiary/aromatic N) is 1. The molecule has 2 aliphatic rings. The summed E-state index contributed by atoms with van der Waals surface area (Å²) in [6.07, 6.45) is 7.20. The zero-order valence-corrected chi connectivity index (χ0v) is 15.0. The Morgan fingerprint density at radius 1 is 1.00 bits per heavy atom. The van der Waals surface area contributed by atoms with Gasteiger partial charge in [0.25, 0.3) is 0 Å². The SMILES string of the molecule is Fc1ccc(CCCCN2[C@H]3CC[C@@H]2c2c([nH]c4ccccc24)C3)cc1. The van der Waals surface area contributed by atoms with E-state index in [0.29, 0.717) is 12.1 Å². The second-order valence-corrected chi connectivity index (χ2v) is 7.84. The number of aromatic nitrogens is 1. The minimum Gasteiger partial charge on any atom is -0.358 e. The Labute approximate surface area is 154 Å². The van der Waals surface area contributed by atoms with Crippen LogP contribution in [0, 0.1) is 5.82 Å². The predicted molar refractivity (Wildman–Crippen MR) is 104 cm³/mol. The van der Waals surface area contributed by atoms with E-state index in [1.807, 2.05) is 12.1 Å². The van der Waals surface area contributed by atoms with Crippen molar-refractivity contribution >= 4 is 10.9 Å². The first-order valence-electron chi connectivity index (χ1n) is 9.89. The normalized spacial score (nSPS) is 22.0. The molecule has 1 aromatic heterocycles. The lowest BCUT2D eigenvalue weighted by Gasteiger charge is -2.35. The average molecular weight is 348 g/mol. The first-order valence-corrected chi connectivity index (χ1v) is 9.89. The number of H-pyrrole nitrogens is 1. The Kier molecular flexibility index (Phi) is 4.05. The fraction of sp³-hybridized carbons (Fsp3) is 0.391. The molecule has 0 unspecified atom stereocenters. The molecular formula is C23H25FN2. The molecule has 3 heteroatoms. The highest BCUT2D eigenvalue weighted by Crippen LogP contribution is 2.46. The van der Waals surface area contributed by atoms with Gasteiger partial charge in [0.1, 0.15) is 5.82 Å². The van der Waals surface area contributed by atoms with Crippen molar-refractivity contribution in [1.29, 1.82) is 0 Å². The summed E-state index contributed by atoms with van der Waals surface area (Å²) in [4.78, 5) is 6.43. The lowest BCUT2D eigenvalue weighted by molar-refractivity contribution is 0.174. The number of benzene rings is 2. The van der Waals surface area contributed by atoms with Gasteiger partial charge in [-0.05, 0) is 68.0 Å². The van der Waals surface area contributed by atoms with E-state index in [-0.39, 0.29) is 5.82 Å². The van der Waals surface area contributed by atoms with Gasteiger partial charge in [-0.25, -0.2) is 4.39 Å². The van der Waals surface area contributed by atoms with Crippen molar-refractivity contribution in [3.8, 4) is 0 Å². The third-order valence-corrected chi connectivity index (χ3v) is 6.29. The summed E-state index contributed by atoms with van der Waals surface area (Å²) >= 11 is 0. The first kappa shape index (κ1) is 16.1. The monoisotopic (exact) mass is 348 g/mol. The molecule has 0 spiro atoms. The molecule has 26 heavy (non-hydrogen) atoms. The van der Waals surface area contributed by atoms with Crippen LogP contribution in [0.5, 0.6) is 0 Å². The maximum atomic E-state index is 13.0. The van der Waals surface area contributed by atoms with Crippen LogP contribution in [0.3, 0.4) is 0 Å². The van der Waals surface area contributed by atoms with Crippen molar-refractivity contribution in [3.63, 3.8) is 0 Å². The van der Waals surface area contributed by atoms with E-state index in [0.717, 1.165) is 6.42 Å². The zero-order chi connectivity index (χ0) is 17.5. The van der Waals surface area contributed by atoms with Gasteiger partial charge >= 0.3 is 0 Å². The molecule has 2 aromatic carbocycles. The Hall–Kier alpha value is -2.13. The number of aromatic amines is 1. The molecule has 2 nitrogen and oxygen atoms in total. The van der Waals surface area contributed by atoms with Crippen molar-refractivity contribution < 1.29 is 4.39 Å². The number of nitrogens with one attached hydrogen (secondary N) is 1. The Morgan fingerprint density at radius 3 is 2.73 bits per heavy atom. The van der Waals surface area contributed by atoms with Gasteiger partial charge < -0.3 is 4.98 Å². The molecule has 0 radical (unpaired) electrons. The highest BCUT2D eigenvalue weighted by atomic mass is 19.1. The van der Waals surface area contributed by atoms with Crippen molar-refractivity contribution in [2.24, 2.45) is 0 Å². The van der Waals surface area contributed by atoms with E-state index in [1.54, 1.807) is 17.7 Å². The smallest absolute Gasteiger partial charge is 0.123 e. The van der Waals surface area contributed by atoms with Crippen LogP contribution in [0.4, 0.5) is 4.39 Å². The third kappa shape index (κ3) is 2.75. The predicted octanol–water partition coefficient (Wildman–Crippen LogP) is 5.39. The highest BCUT2D eigenvalue weighted by molar-refractivity contribution is 5.85. The van der Waals surface area contributed by atoms with Gasteiger partial charge in [-0.3, -0.25) is 4.90 Å². The number of halogens is 1. The van der Waals surface area contributed by atoms with E-state index >= 15 is 0 Å². The quantitative estimate of drug-likeness (QED) is 0.612. The Bertz CT molecular complexity index is 912. The van der Waals surface area contributed by atoms with Crippen molar-refractivity contribution in [3.05, 3.63) is 71.2 Å². The van der Waals surface area contributed by atoms with Crippen LogP contribution >= 0.6 is 0 Å². The summed E-state index contributed by atoms with van der Waals surface area (Å²) in [5.74, 6) is -0.145. The molecule has 3 aromatic rings. The van der Waals surface area contributed by atoms with E-state index in [1.165, 1.54) is 60.8 Å². The lowest BCUT2D eigenvalue weighted by atomic mass is 9.96. The maximum absolute atomic E-state index is 13.0. The molecule has 0 amide bonds. The molecule has 3 heterocycles. The van der Waals surface area contributed by atoms with Gasteiger partial charge in [0, 0.05) is 35.1 Å². The molecule has 5 rings (SSSR count). The summed E-state index contributed by atoms with van der Waals surface area (Å²) < 4.78 is 13.0. The summed E-state index contributed by atoms with van der Waals surface area (Å²) in [5, 5.41) is 1.42. The van der Waals surface area contributed by atoms with Crippen molar-refractivity contribution in [2.45, 2.75) is 50.6 Å². The van der Waals surface area contributed by atoms with Gasteiger partial charge in [0.2, 0.25) is 0 Å². The van der Waals surface area contributed by atoms with Crippen LogP contribution in [0.2, 0.25) is 0 Å². The largest absolute Gasteiger partial charge is 0.358 e. The molecule has 134 valence electrons. The number of hydrogen-bond donors (Lipinski definition) is 1. The van der Waals surface area contributed by atoms with Crippen LogP contribution < -0.4 is 0 Å². The van der Waals surface area contributed by atoms with Gasteiger partial charge in [0.05, 0.1) is 0 Å². The average Bonchev–Trinajstić information content (AvgIpc) is 3.16. The van der Waals surface area contributed by atoms with Crippen LogP contribution in [-0.4, -0.2) is 22.5 Å². The number of fused-ring (bicyclic) bond motifs is 6. The van der Waals surface area contributed by atoms with E-state index in [2.05, 4.69) is 34.1 Å². The molecule has 1 saturated heterocycles. The third-order valence-electron chi connectivity index (χ3n) is 6.29.